The van der Waals surface area contributed by atoms with Crippen molar-refractivity contribution < 1.29 is 23.5 Å². The Balaban J connectivity index is 1.33. The average Bonchev–Trinajstić information content (AvgIpc) is 3.35. The van der Waals surface area contributed by atoms with Crippen molar-refractivity contribution in [1.29, 1.82) is 0 Å². The van der Waals surface area contributed by atoms with E-state index in [9.17, 15) is 23.5 Å². The van der Waals surface area contributed by atoms with Crippen molar-refractivity contribution in [2.45, 2.75) is 37.7 Å². The Morgan fingerprint density at radius 2 is 2.00 bits per heavy atom. The number of nitrogens with one attached hydrogen (secondary N) is 2. The van der Waals surface area contributed by atoms with Gasteiger partial charge in [-0.15, -0.1) is 0 Å². The number of pyridine rings is 1. The molecule has 5 rings (SSSR count). The van der Waals surface area contributed by atoms with Crippen molar-refractivity contribution >= 4 is 17.5 Å². The fourth-order valence-electron chi connectivity index (χ4n) is 4.41. The van der Waals surface area contributed by atoms with Crippen LogP contribution >= 0.6 is 0 Å². The number of imidazole rings is 1. The molecule has 0 fully saturated rings. The molecule has 0 bridgehead atoms. The summed E-state index contributed by atoms with van der Waals surface area (Å²) >= 11 is 0. The lowest BCUT2D eigenvalue weighted by Crippen LogP contribution is -2.42. The first-order valence-electron chi connectivity index (χ1n) is 10.9. The van der Waals surface area contributed by atoms with Gasteiger partial charge in [0, 0.05) is 18.2 Å². The fraction of sp³-hybridized carbons (Fsp3) is 0.240. The third-order valence-electron chi connectivity index (χ3n) is 6.15. The Bertz CT molecular complexity index is 1360. The summed E-state index contributed by atoms with van der Waals surface area (Å²) in [6.45, 7) is 1.88. The predicted molar refractivity (Wildman–Crippen MR) is 120 cm³/mol. The second-order valence-corrected chi connectivity index (χ2v) is 8.57. The van der Waals surface area contributed by atoms with Crippen molar-refractivity contribution in [1.82, 2.24) is 20.0 Å². The molecular weight excluding hydrogens is 442 g/mol. The highest BCUT2D eigenvalue weighted by Crippen LogP contribution is 2.32. The molecule has 0 aliphatic heterocycles. The van der Waals surface area contributed by atoms with Crippen LogP contribution in [0, 0.1) is 12.7 Å². The van der Waals surface area contributed by atoms with Crippen LogP contribution in [0.4, 0.5) is 8.78 Å². The van der Waals surface area contributed by atoms with E-state index in [4.69, 9.17) is 0 Å². The summed E-state index contributed by atoms with van der Waals surface area (Å²) in [4.78, 5) is 29.9. The maximum Gasteiger partial charge on any atom is 0.270 e. The number of aliphatic hydroxyl groups is 1. The number of aryl methyl sites for hydroxylation is 1. The molecule has 2 heterocycles. The molecule has 7 nitrogen and oxygen atoms in total. The van der Waals surface area contributed by atoms with Crippen LogP contribution in [0.1, 0.15) is 33.2 Å². The number of nitrogens with zero attached hydrogens (tertiary/aromatic N) is 2. The normalized spacial score (nSPS) is 23.5. The number of hydrogen-bond donors (Lipinski definition) is 3. The van der Waals surface area contributed by atoms with E-state index < -0.39 is 42.0 Å². The summed E-state index contributed by atoms with van der Waals surface area (Å²) in [6.07, 6.45) is 4.85. The number of carbonyl (C=O) groups is 2. The summed E-state index contributed by atoms with van der Waals surface area (Å²) in [5.74, 6) is -1.47. The quantitative estimate of drug-likeness (QED) is 0.553. The van der Waals surface area contributed by atoms with Gasteiger partial charge in [0.2, 0.25) is 0 Å². The van der Waals surface area contributed by atoms with Crippen LogP contribution in [0.2, 0.25) is 0 Å². The Labute approximate surface area is 193 Å². The lowest BCUT2D eigenvalue weighted by molar-refractivity contribution is -0.118. The molecule has 174 valence electrons. The van der Waals surface area contributed by atoms with Crippen molar-refractivity contribution in [3.05, 3.63) is 94.7 Å². The first-order valence-corrected chi connectivity index (χ1v) is 10.9. The van der Waals surface area contributed by atoms with Crippen LogP contribution in [0.5, 0.6) is 0 Å². The molecule has 2 aliphatic rings. The molecule has 2 aliphatic carbocycles. The molecule has 3 N–H and O–H groups in total. The maximum absolute atomic E-state index is 14.6. The topological polar surface area (TPSA) is 95.7 Å². The third-order valence-corrected chi connectivity index (χ3v) is 6.15. The molecule has 9 heteroatoms. The molecule has 4 atom stereocenters. The molecule has 2 amide bonds. The second kappa shape index (κ2) is 8.49. The Morgan fingerprint density at radius 3 is 2.82 bits per heavy atom. The number of alkyl halides is 1. The van der Waals surface area contributed by atoms with Crippen molar-refractivity contribution in [2.24, 2.45) is 0 Å². The van der Waals surface area contributed by atoms with E-state index in [-0.39, 0.29) is 17.7 Å². The number of amides is 2. The standard InChI is InChI=1S/C25H22F2N4O3/c1-13-2-7-22-28-11-20(31(22)12-13)25(34)29-19-9-14(3-6-18(19)27)24(33)30-23-17-5-4-16(26)8-15(17)10-21(23)32/h2-9,11-12,18-19,21,23,32H,10H2,1H3,(H,29,34)(H,30,33)/t18?,19?,21-,23+/m0/s1. The van der Waals surface area contributed by atoms with Crippen LogP contribution < -0.4 is 10.6 Å². The lowest BCUT2D eigenvalue weighted by atomic mass is 9.99. The van der Waals surface area contributed by atoms with Gasteiger partial charge in [0.05, 0.1) is 24.4 Å². The summed E-state index contributed by atoms with van der Waals surface area (Å²) in [5.41, 5.74) is 3.18. The highest BCUT2D eigenvalue weighted by atomic mass is 19.1. The molecule has 2 unspecified atom stereocenters. The maximum atomic E-state index is 14.6. The van der Waals surface area contributed by atoms with Gasteiger partial charge in [-0.25, -0.2) is 13.8 Å². The van der Waals surface area contributed by atoms with Gasteiger partial charge in [0.1, 0.15) is 23.3 Å². The van der Waals surface area contributed by atoms with E-state index in [1.807, 2.05) is 13.0 Å². The predicted octanol–water partition coefficient (Wildman–Crippen LogP) is 2.49. The second-order valence-electron chi connectivity index (χ2n) is 8.57. The van der Waals surface area contributed by atoms with Gasteiger partial charge in [0.25, 0.3) is 11.8 Å². The molecule has 0 saturated carbocycles. The molecule has 2 aromatic heterocycles. The Kier molecular flexibility index (Phi) is 5.49. The largest absolute Gasteiger partial charge is 0.390 e. The number of halogens is 2. The van der Waals surface area contributed by atoms with Gasteiger partial charge in [-0.2, -0.15) is 0 Å². The van der Waals surface area contributed by atoms with Gasteiger partial charge in [-0.1, -0.05) is 18.2 Å². The summed E-state index contributed by atoms with van der Waals surface area (Å²) in [7, 11) is 0. The van der Waals surface area contributed by atoms with E-state index in [1.165, 1.54) is 42.6 Å². The van der Waals surface area contributed by atoms with Gasteiger partial charge < -0.3 is 15.7 Å². The molecule has 0 radical (unpaired) electrons. The molecule has 0 spiro atoms. The van der Waals surface area contributed by atoms with Crippen LogP contribution in [0.25, 0.3) is 5.65 Å². The highest BCUT2D eigenvalue weighted by Gasteiger charge is 2.34. The minimum atomic E-state index is -1.53. The number of fused-ring (bicyclic) bond motifs is 2. The van der Waals surface area contributed by atoms with E-state index >= 15 is 0 Å². The Morgan fingerprint density at radius 1 is 1.18 bits per heavy atom. The zero-order valence-electron chi connectivity index (χ0n) is 18.2. The number of benzene rings is 1. The Hall–Kier alpha value is -3.85. The van der Waals surface area contributed by atoms with Crippen LogP contribution in [-0.2, 0) is 11.2 Å². The smallest absolute Gasteiger partial charge is 0.270 e. The number of hydrogen-bond acceptors (Lipinski definition) is 4. The first-order chi connectivity index (χ1) is 16.3. The van der Waals surface area contributed by atoms with E-state index in [0.717, 1.165) is 5.56 Å². The van der Waals surface area contributed by atoms with Crippen molar-refractivity contribution in [3.63, 3.8) is 0 Å². The van der Waals surface area contributed by atoms with E-state index in [2.05, 4.69) is 15.6 Å². The van der Waals surface area contributed by atoms with Crippen molar-refractivity contribution in [2.75, 3.05) is 0 Å². The monoisotopic (exact) mass is 464 g/mol. The number of aliphatic hydroxyl groups excluding tert-OH is 1. The summed E-state index contributed by atoms with van der Waals surface area (Å²) in [6, 6.07) is 6.02. The minimum Gasteiger partial charge on any atom is -0.390 e. The van der Waals surface area contributed by atoms with E-state index in [1.54, 1.807) is 16.7 Å². The number of aromatic nitrogens is 2. The van der Waals surface area contributed by atoms with Crippen LogP contribution in [0.3, 0.4) is 0 Å². The average molecular weight is 464 g/mol. The highest BCUT2D eigenvalue weighted by molar-refractivity contribution is 5.98. The molecular formula is C25H22F2N4O3. The SMILES string of the molecule is Cc1ccc2ncc(C(=O)NC3C=C(C(=O)N[C@@H]4c5ccc(F)cc5C[C@@H]4O)C=CC3F)n2c1. The van der Waals surface area contributed by atoms with E-state index in [0.29, 0.717) is 16.8 Å². The third kappa shape index (κ3) is 3.99. The fourth-order valence-corrected chi connectivity index (χ4v) is 4.41. The number of carbonyl (C=O) groups excluding carboxylic acids is 2. The van der Waals surface area contributed by atoms with Gasteiger partial charge in [-0.3, -0.25) is 14.0 Å². The zero-order valence-corrected chi connectivity index (χ0v) is 18.2. The van der Waals surface area contributed by atoms with Gasteiger partial charge in [-0.05, 0) is 54.0 Å². The summed E-state index contributed by atoms with van der Waals surface area (Å²) in [5, 5.41) is 15.7. The molecule has 1 aromatic carbocycles. The van der Waals surface area contributed by atoms with Crippen molar-refractivity contribution in [3.8, 4) is 0 Å². The molecule has 34 heavy (non-hydrogen) atoms. The van der Waals surface area contributed by atoms with Crippen LogP contribution in [-0.4, -0.2) is 44.6 Å². The molecule has 0 saturated heterocycles. The lowest BCUT2D eigenvalue weighted by Gasteiger charge is -2.23. The first kappa shape index (κ1) is 22.0. The molecule has 3 aromatic rings. The minimum absolute atomic E-state index is 0.149. The van der Waals surface area contributed by atoms with Crippen LogP contribution in [0.15, 0.2) is 66.5 Å². The number of rotatable bonds is 4. The summed E-state index contributed by atoms with van der Waals surface area (Å²) < 4.78 is 29.7. The van der Waals surface area contributed by atoms with Gasteiger partial charge >= 0.3 is 0 Å². The zero-order chi connectivity index (χ0) is 24.0. The van der Waals surface area contributed by atoms with Gasteiger partial charge in [0.15, 0.2) is 0 Å².